The molecule has 0 atom stereocenters. The summed E-state index contributed by atoms with van der Waals surface area (Å²) in [5, 5.41) is 10.8. The normalized spacial score (nSPS) is 15.3. The van der Waals surface area contributed by atoms with Crippen LogP contribution in [-0.2, 0) is 11.2 Å². The minimum absolute atomic E-state index is 0.0899. The van der Waals surface area contributed by atoms with E-state index in [1.807, 2.05) is 6.07 Å². The maximum absolute atomic E-state index is 11.4. The van der Waals surface area contributed by atoms with E-state index in [9.17, 15) is 9.59 Å². The summed E-state index contributed by atoms with van der Waals surface area (Å²) >= 11 is 1.73. The summed E-state index contributed by atoms with van der Waals surface area (Å²) in [6, 6.07) is 3.80. The van der Waals surface area contributed by atoms with Crippen LogP contribution in [0.15, 0.2) is 22.5 Å². The number of carbonyl (C=O) groups excluding carboxylic acids is 2. The smallest absolute Gasteiger partial charge is 0.324 e. The highest BCUT2D eigenvalue weighted by atomic mass is 32.1. The van der Waals surface area contributed by atoms with Gasteiger partial charge in [0.25, 0.3) is 0 Å². The lowest BCUT2D eigenvalue weighted by molar-refractivity contribution is -0.124. The van der Waals surface area contributed by atoms with E-state index in [1.54, 1.807) is 18.4 Å². The summed E-state index contributed by atoms with van der Waals surface area (Å²) in [5.41, 5.74) is 0. The van der Waals surface area contributed by atoms with Crippen LogP contribution in [0, 0.1) is 0 Å². The van der Waals surface area contributed by atoms with Crippen molar-refractivity contribution < 1.29 is 9.59 Å². The van der Waals surface area contributed by atoms with Crippen LogP contribution >= 0.6 is 11.3 Å². The van der Waals surface area contributed by atoms with Gasteiger partial charge in [0.15, 0.2) is 5.96 Å². The maximum Gasteiger partial charge on any atom is 0.324 e. The SMILES string of the molecule is CN=C(NCCc1cccs1)NCCN1C(=O)CNC1=O. The number of hydrogen-bond acceptors (Lipinski definition) is 4. The standard InChI is InChI=1S/C13H19N5O2S/c1-14-12(15-5-4-10-3-2-8-21-10)16-6-7-18-11(19)9-17-13(18)20/h2-3,8H,4-7,9H2,1H3,(H,17,20)(H2,14,15,16). The number of aliphatic imine (C=N–C) groups is 1. The molecule has 1 aromatic rings. The Morgan fingerprint density at radius 2 is 2.24 bits per heavy atom. The van der Waals surface area contributed by atoms with Crippen LogP contribution in [-0.4, -0.2) is 56.0 Å². The molecular weight excluding hydrogens is 290 g/mol. The number of nitrogens with one attached hydrogen (secondary N) is 3. The summed E-state index contributed by atoms with van der Waals surface area (Å²) in [5.74, 6) is 0.473. The molecule has 0 spiro atoms. The molecule has 1 fully saturated rings. The molecule has 1 saturated heterocycles. The zero-order valence-electron chi connectivity index (χ0n) is 11.9. The predicted octanol–water partition coefficient (Wildman–Crippen LogP) is 0.00740. The van der Waals surface area contributed by atoms with Crippen LogP contribution in [0.1, 0.15) is 4.88 Å². The molecule has 7 nitrogen and oxygen atoms in total. The highest BCUT2D eigenvalue weighted by Gasteiger charge is 2.27. The van der Waals surface area contributed by atoms with Gasteiger partial charge in [0.1, 0.15) is 0 Å². The lowest BCUT2D eigenvalue weighted by Crippen LogP contribution is -2.43. The van der Waals surface area contributed by atoms with Gasteiger partial charge in [-0.1, -0.05) is 6.07 Å². The Labute approximate surface area is 127 Å². The number of rotatable bonds is 6. The number of urea groups is 1. The fourth-order valence-corrected chi connectivity index (χ4v) is 2.66. The second kappa shape index (κ2) is 7.63. The van der Waals surface area contributed by atoms with Gasteiger partial charge in [-0.05, 0) is 17.9 Å². The van der Waals surface area contributed by atoms with Crippen molar-refractivity contribution in [2.75, 3.05) is 33.2 Å². The average molecular weight is 309 g/mol. The van der Waals surface area contributed by atoms with Crippen LogP contribution < -0.4 is 16.0 Å². The third-order valence-electron chi connectivity index (χ3n) is 3.03. The number of imide groups is 1. The third kappa shape index (κ3) is 4.45. The Balaban J connectivity index is 1.66. The molecule has 2 heterocycles. The zero-order chi connectivity index (χ0) is 15.1. The number of hydrogen-bond donors (Lipinski definition) is 3. The molecule has 1 aliphatic heterocycles. The van der Waals surface area contributed by atoms with E-state index in [4.69, 9.17) is 0 Å². The quantitative estimate of drug-likeness (QED) is 0.392. The van der Waals surface area contributed by atoms with E-state index in [-0.39, 0.29) is 18.5 Å². The highest BCUT2D eigenvalue weighted by Crippen LogP contribution is 2.07. The van der Waals surface area contributed by atoms with Gasteiger partial charge in [0.05, 0.1) is 6.54 Å². The van der Waals surface area contributed by atoms with Crippen LogP contribution in [0.4, 0.5) is 4.79 Å². The first-order valence-corrected chi connectivity index (χ1v) is 7.64. The van der Waals surface area contributed by atoms with Gasteiger partial charge in [0.2, 0.25) is 5.91 Å². The summed E-state index contributed by atoms with van der Waals surface area (Å²) in [6.45, 7) is 1.67. The Bertz CT molecular complexity index is 499. The van der Waals surface area contributed by atoms with Crippen molar-refractivity contribution in [3.05, 3.63) is 22.4 Å². The van der Waals surface area contributed by atoms with Crippen molar-refractivity contribution in [2.24, 2.45) is 4.99 Å². The van der Waals surface area contributed by atoms with Crippen LogP contribution in [0.2, 0.25) is 0 Å². The summed E-state index contributed by atoms with van der Waals surface area (Å²) in [4.78, 5) is 29.4. The van der Waals surface area contributed by atoms with Crippen molar-refractivity contribution in [1.29, 1.82) is 0 Å². The minimum atomic E-state index is -0.331. The highest BCUT2D eigenvalue weighted by molar-refractivity contribution is 7.09. The molecule has 2 rings (SSSR count). The van der Waals surface area contributed by atoms with Crippen LogP contribution in [0.25, 0.3) is 0 Å². The summed E-state index contributed by atoms with van der Waals surface area (Å²) < 4.78 is 0. The molecule has 21 heavy (non-hydrogen) atoms. The number of nitrogens with zero attached hydrogens (tertiary/aromatic N) is 2. The molecule has 8 heteroatoms. The first-order valence-electron chi connectivity index (χ1n) is 6.76. The van der Waals surface area contributed by atoms with Crippen molar-refractivity contribution in [3.63, 3.8) is 0 Å². The molecule has 3 amide bonds. The molecule has 0 radical (unpaired) electrons. The number of guanidine groups is 1. The van der Waals surface area contributed by atoms with E-state index < -0.39 is 0 Å². The molecule has 3 N–H and O–H groups in total. The van der Waals surface area contributed by atoms with Crippen LogP contribution in [0.5, 0.6) is 0 Å². The van der Waals surface area contributed by atoms with Gasteiger partial charge in [-0.15, -0.1) is 11.3 Å². The van der Waals surface area contributed by atoms with Crippen molar-refractivity contribution >= 4 is 29.2 Å². The molecule has 1 aliphatic rings. The molecule has 0 saturated carbocycles. The molecule has 0 aliphatic carbocycles. The van der Waals surface area contributed by atoms with Gasteiger partial charge in [-0.3, -0.25) is 14.7 Å². The van der Waals surface area contributed by atoms with Crippen molar-refractivity contribution in [2.45, 2.75) is 6.42 Å². The molecule has 1 aromatic heterocycles. The van der Waals surface area contributed by atoms with Gasteiger partial charge >= 0.3 is 6.03 Å². The van der Waals surface area contributed by atoms with Gasteiger partial charge in [0, 0.05) is 31.6 Å². The van der Waals surface area contributed by atoms with Gasteiger partial charge in [-0.25, -0.2) is 4.79 Å². The Morgan fingerprint density at radius 1 is 1.43 bits per heavy atom. The monoisotopic (exact) mass is 309 g/mol. The summed E-state index contributed by atoms with van der Waals surface area (Å²) in [7, 11) is 1.69. The molecule has 0 unspecified atom stereocenters. The maximum atomic E-state index is 11.4. The zero-order valence-corrected chi connectivity index (χ0v) is 12.7. The van der Waals surface area contributed by atoms with E-state index in [1.165, 1.54) is 9.78 Å². The molecular formula is C13H19N5O2S. The summed E-state index contributed by atoms with van der Waals surface area (Å²) in [6.07, 6.45) is 0.936. The number of carbonyl (C=O) groups is 2. The fraction of sp³-hybridized carbons (Fsp3) is 0.462. The van der Waals surface area contributed by atoms with Gasteiger partial charge in [-0.2, -0.15) is 0 Å². The molecule has 0 aromatic carbocycles. The Morgan fingerprint density at radius 3 is 2.86 bits per heavy atom. The minimum Gasteiger partial charge on any atom is -0.356 e. The topological polar surface area (TPSA) is 85.8 Å². The van der Waals surface area contributed by atoms with E-state index in [0.717, 1.165) is 13.0 Å². The Kier molecular flexibility index (Phi) is 5.56. The number of amides is 3. The second-order valence-electron chi connectivity index (χ2n) is 4.46. The fourth-order valence-electron chi connectivity index (χ4n) is 1.95. The van der Waals surface area contributed by atoms with E-state index in [2.05, 4.69) is 32.4 Å². The first kappa shape index (κ1) is 15.3. The predicted molar refractivity (Wildman–Crippen MR) is 82.5 cm³/mol. The largest absolute Gasteiger partial charge is 0.356 e. The lowest BCUT2D eigenvalue weighted by atomic mass is 10.3. The first-order chi connectivity index (χ1) is 10.2. The second-order valence-corrected chi connectivity index (χ2v) is 5.49. The average Bonchev–Trinajstić information content (AvgIpc) is 3.10. The van der Waals surface area contributed by atoms with Crippen molar-refractivity contribution in [1.82, 2.24) is 20.9 Å². The number of thiophene rings is 1. The van der Waals surface area contributed by atoms with Crippen LogP contribution in [0.3, 0.4) is 0 Å². The van der Waals surface area contributed by atoms with Gasteiger partial charge < -0.3 is 16.0 Å². The third-order valence-corrected chi connectivity index (χ3v) is 3.97. The Hall–Kier alpha value is -2.09. The van der Waals surface area contributed by atoms with E-state index in [0.29, 0.717) is 19.0 Å². The van der Waals surface area contributed by atoms with Crippen molar-refractivity contribution in [3.8, 4) is 0 Å². The molecule has 114 valence electrons. The molecule has 0 bridgehead atoms. The van der Waals surface area contributed by atoms with E-state index >= 15 is 0 Å². The lowest BCUT2D eigenvalue weighted by Gasteiger charge is -2.15.